The first-order chi connectivity index (χ1) is 32.8. The number of nitrogens with two attached hydrogens (primary N) is 1. The summed E-state index contributed by atoms with van der Waals surface area (Å²) in [5.41, 5.74) is 5.36. The highest BCUT2D eigenvalue weighted by molar-refractivity contribution is 7.47. The molecule has 0 aliphatic rings. The van der Waals surface area contributed by atoms with Gasteiger partial charge in [-0.1, -0.05) is 192 Å². The second kappa shape index (κ2) is 51.5. The molecule has 0 amide bonds. The van der Waals surface area contributed by atoms with Gasteiger partial charge in [0.05, 0.1) is 13.2 Å². The highest BCUT2D eigenvalue weighted by Gasteiger charge is 2.26. The van der Waals surface area contributed by atoms with Crippen molar-refractivity contribution in [1.29, 1.82) is 0 Å². The van der Waals surface area contributed by atoms with Crippen LogP contribution in [0, 0.1) is 0 Å². The molecule has 0 radical (unpaired) electrons. The van der Waals surface area contributed by atoms with Gasteiger partial charge in [-0.3, -0.25) is 18.6 Å². The van der Waals surface area contributed by atoms with Crippen molar-refractivity contribution in [2.24, 2.45) is 5.73 Å². The Kier molecular flexibility index (Phi) is 48.6. The predicted molar refractivity (Wildman–Crippen MR) is 284 cm³/mol. The van der Waals surface area contributed by atoms with Crippen LogP contribution in [-0.2, 0) is 32.7 Å². The minimum Gasteiger partial charge on any atom is -0.462 e. The fourth-order valence-corrected chi connectivity index (χ4v) is 7.02. The van der Waals surface area contributed by atoms with Crippen LogP contribution in [0.5, 0.6) is 0 Å². The van der Waals surface area contributed by atoms with E-state index < -0.39 is 32.5 Å². The SMILES string of the molecule is CC/C=C\C/C=C\C/C=C\C/C=C\C/C=C\C/C=C\C/C=C\C/C=C\C/C=C\CCCCCCCC(=O)OC(COC(=O)CCCCCCC/C=C\C/C=C\CCC)COP(=O)(O)OCCN. The Morgan fingerprint density at radius 2 is 0.821 bits per heavy atom. The molecule has 0 saturated carbocycles. The third kappa shape index (κ3) is 51.4. The van der Waals surface area contributed by atoms with Crippen molar-refractivity contribution in [2.45, 2.75) is 187 Å². The molecule has 0 heterocycles. The molecule has 0 rings (SSSR count). The molecule has 0 spiro atoms. The van der Waals surface area contributed by atoms with Crippen LogP contribution in [0.4, 0.5) is 0 Å². The third-order valence-corrected chi connectivity index (χ3v) is 11.0. The number of allylic oxidation sites excluding steroid dienone is 22. The monoisotopic (exact) mass is 950 g/mol. The second-order valence-electron chi connectivity index (χ2n) is 16.3. The smallest absolute Gasteiger partial charge is 0.462 e. The maximum atomic E-state index is 12.6. The number of hydrogen-bond donors (Lipinski definition) is 2. The highest BCUT2D eigenvalue weighted by atomic mass is 31.2. The number of rotatable bonds is 46. The van der Waals surface area contributed by atoms with E-state index in [1.54, 1.807) is 0 Å². The summed E-state index contributed by atoms with van der Waals surface area (Å²) in [6, 6.07) is 0. The Morgan fingerprint density at radius 3 is 1.22 bits per heavy atom. The first-order valence-corrected chi connectivity index (χ1v) is 27.2. The van der Waals surface area contributed by atoms with Gasteiger partial charge in [-0.15, -0.1) is 0 Å². The van der Waals surface area contributed by atoms with Gasteiger partial charge in [0.1, 0.15) is 6.61 Å². The van der Waals surface area contributed by atoms with Crippen molar-refractivity contribution < 1.29 is 37.6 Å². The van der Waals surface area contributed by atoms with Crippen molar-refractivity contribution in [1.82, 2.24) is 0 Å². The fourth-order valence-electron chi connectivity index (χ4n) is 6.25. The molecule has 67 heavy (non-hydrogen) atoms. The van der Waals surface area contributed by atoms with E-state index in [0.29, 0.717) is 12.8 Å². The van der Waals surface area contributed by atoms with Crippen LogP contribution in [0.15, 0.2) is 134 Å². The molecule has 9 nitrogen and oxygen atoms in total. The van der Waals surface area contributed by atoms with Crippen LogP contribution >= 0.6 is 7.82 Å². The summed E-state index contributed by atoms with van der Waals surface area (Å²) >= 11 is 0. The molecule has 2 unspecified atom stereocenters. The molecule has 2 atom stereocenters. The topological polar surface area (TPSA) is 134 Å². The average molecular weight is 950 g/mol. The average Bonchev–Trinajstić information content (AvgIpc) is 3.32. The summed E-state index contributed by atoms with van der Waals surface area (Å²) in [4.78, 5) is 35.0. The van der Waals surface area contributed by atoms with Crippen molar-refractivity contribution in [3.63, 3.8) is 0 Å². The lowest BCUT2D eigenvalue weighted by Crippen LogP contribution is -2.29. The summed E-state index contributed by atoms with van der Waals surface area (Å²) in [6.45, 7) is 3.49. The van der Waals surface area contributed by atoms with E-state index >= 15 is 0 Å². The van der Waals surface area contributed by atoms with E-state index in [1.807, 2.05) is 0 Å². The lowest BCUT2D eigenvalue weighted by atomic mass is 10.1. The fraction of sp³-hybridized carbons (Fsp3) is 0.579. The van der Waals surface area contributed by atoms with Crippen LogP contribution in [0.2, 0.25) is 0 Å². The maximum absolute atomic E-state index is 12.6. The van der Waals surface area contributed by atoms with Gasteiger partial charge in [-0.25, -0.2) is 4.57 Å². The Labute approximate surface area is 408 Å². The Hall–Kier alpha value is -3.85. The number of ether oxygens (including phenoxy) is 2. The zero-order valence-electron chi connectivity index (χ0n) is 41.8. The molecule has 0 aliphatic heterocycles. The zero-order chi connectivity index (χ0) is 48.8. The van der Waals surface area contributed by atoms with Crippen LogP contribution in [0.25, 0.3) is 0 Å². The normalized spacial score (nSPS) is 14.3. The number of carbonyl (C=O) groups excluding carboxylic acids is 2. The minimum absolute atomic E-state index is 0.0403. The lowest BCUT2D eigenvalue weighted by molar-refractivity contribution is -0.161. The van der Waals surface area contributed by atoms with Crippen molar-refractivity contribution in [2.75, 3.05) is 26.4 Å². The molecule has 3 N–H and O–H groups in total. The van der Waals surface area contributed by atoms with Crippen LogP contribution in [0.3, 0.4) is 0 Å². The lowest BCUT2D eigenvalue weighted by Gasteiger charge is -2.19. The molecule has 0 aliphatic carbocycles. The Balaban J connectivity index is 4.11. The number of esters is 2. The molecular formula is C57H92NO8P. The van der Waals surface area contributed by atoms with Gasteiger partial charge in [0.2, 0.25) is 0 Å². The van der Waals surface area contributed by atoms with Gasteiger partial charge in [0.25, 0.3) is 0 Å². The largest absolute Gasteiger partial charge is 0.472 e. The molecule has 10 heteroatoms. The van der Waals surface area contributed by atoms with Crippen LogP contribution in [-0.4, -0.2) is 49.3 Å². The number of phosphoric acid groups is 1. The Bertz CT molecular complexity index is 1550. The van der Waals surface area contributed by atoms with Crippen molar-refractivity contribution >= 4 is 19.8 Å². The van der Waals surface area contributed by atoms with E-state index in [1.165, 1.54) is 6.42 Å². The van der Waals surface area contributed by atoms with E-state index in [0.717, 1.165) is 135 Å². The van der Waals surface area contributed by atoms with Crippen LogP contribution < -0.4 is 5.73 Å². The zero-order valence-corrected chi connectivity index (χ0v) is 42.7. The second-order valence-corrected chi connectivity index (χ2v) is 17.8. The quantitative estimate of drug-likeness (QED) is 0.0265. The van der Waals surface area contributed by atoms with E-state index in [9.17, 15) is 19.0 Å². The number of hydrogen-bond acceptors (Lipinski definition) is 8. The van der Waals surface area contributed by atoms with Gasteiger partial charge in [-0.05, 0) is 109 Å². The molecule has 0 aromatic carbocycles. The molecule has 0 bridgehead atoms. The summed E-state index contributed by atoms with van der Waals surface area (Å²) in [6.07, 6.45) is 72.1. The van der Waals surface area contributed by atoms with Gasteiger partial charge in [-0.2, -0.15) is 0 Å². The number of carbonyl (C=O) groups is 2. The Morgan fingerprint density at radius 1 is 0.463 bits per heavy atom. The van der Waals surface area contributed by atoms with E-state index in [2.05, 4.69) is 148 Å². The molecular weight excluding hydrogens is 858 g/mol. The summed E-state index contributed by atoms with van der Waals surface area (Å²) in [5, 5.41) is 0. The van der Waals surface area contributed by atoms with Gasteiger partial charge >= 0.3 is 19.8 Å². The van der Waals surface area contributed by atoms with E-state index in [-0.39, 0.29) is 32.6 Å². The molecule has 378 valence electrons. The van der Waals surface area contributed by atoms with E-state index in [4.69, 9.17) is 24.3 Å². The van der Waals surface area contributed by atoms with Gasteiger partial charge in [0.15, 0.2) is 6.10 Å². The number of phosphoric ester groups is 1. The summed E-state index contributed by atoms with van der Waals surface area (Å²) < 4.78 is 32.8. The maximum Gasteiger partial charge on any atom is 0.472 e. The molecule has 0 aromatic heterocycles. The van der Waals surface area contributed by atoms with Crippen molar-refractivity contribution in [3.8, 4) is 0 Å². The van der Waals surface area contributed by atoms with Crippen LogP contribution in [0.1, 0.15) is 181 Å². The van der Waals surface area contributed by atoms with Gasteiger partial charge < -0.3 is 20.1 Å². The highest BCUT2D eigenvalue weighted by Crippen LogP contribution is 2.43. The number of unbranched alkanes of at least 4 members (excludes halogenated alkanes) is 11. The first kappa shape index (κ1) is 63.1. The first-order valence-electron chi connectivity index (χ1n) is 25.7. The predicted octanol–water partition coefficient (Wildman–Crippen LogP) is 15.8. The summed E-state index contributed by atoms with van der Waals surface area (Å²) in [7, 11) is -4.40. The molecule has 0 saturated heterocycles. The molecule has 0 fully saturated rings. The van der Waals surface area contributed by atoms with Crippen molar-refractivity contribution in [3.05, 3.63) is 134 Å². The minimum atomic E-state index is -4.40. The molecule has 0 aromatic rings. The third-order valence-electron chi connectivity index (χ3n) is 10.0. The van der Waals surface area contributed by atoms with Gasteiger partial charge in [0, 0.05) is 19.4 Å². The summed E-state index contributed by atoms with van der Waals surface area (Å²) in [5.74, 6) is -0.881. The standard InChI is InChI=1S/C57H92NO8P/c1-3-5-7-9-11-13-15-17-18-19-20-21-22-23-24-25-26-27-28-29-30-31-32-33-34-35-36-38-40-42-44-46-48-50-57(60)66-55(54-65-67(61,62)64-52-51-58)53-63-56(59)49-47-45-43-41-39-37-16-14-12-10-8-6-4-2/h5,7-8,10-11,13-14,16-18,20-21,23-24,26-27,29-30,32-33,35-36,55H,3-4,6,9,12,15,19,22,25,28,31,34,37-54,58H2,1-2H3,(H,61,62)/b7-5-,10-8-,13-11-,16-14-,18-17-,21-20-,24-23-,27-26-,30-29-,33-32-,36-35-.